The summed E-state index contributed by atoms with van der Waals surface area (Å²) < 4.78 is 27.8. The van der Waals surface area contributed by atoms with Gasteiger partial charge in [0.25, 0.3) is 0 Å². The number of aliphatic hydroxyl groups is 1. The van der Waals surface area contributed by atoms with Gasteiger partial charge in [0.15, 0.2) is 5.75 Å². The SMILES string of the molecule is CC(C)(C#N)c1cc(CO)cc(Cn2cncn2)c1.CCC#N.CP(C)C.CS(=O)(=O)Oc1ccc(S)cc1Cl. The number of thiol groups is 1. The quantitative estimate of drug-likeness (QED) is 0.197. The van der Waals surface area contributed by atoms with Crippen LogP contribution in [0.5, 0.6) is 5.75 Å². The summed E-state index contributed by atoms with van der Waals surface area (Å²) in [6.07, 6.45) is 4.70. The number of halogens is 1. The molecule has 40 heavy (non-hydrogen) atoms. The standard InChI is InChI=1S/C14H16N4O.C7H7ClO3S2.C3H5N.C3H9P/c1-14(2,8-15)13-4-11(3-12(5-13)7-19)6-18-10-16-9-17-18;1-13(9,10)11-7-3-2-5(12)4-6(7)8;1-2-3-4;1-4(2)3/h3-5,9-10,19H,6-7H2,1-2H3;2-4,12H,1H3;2H2,1H3;1-3H3. The van der Waals surface area contributed by atoms with E-state index in [1.54, 1.807) is 17.1 Å². The lowest BCUT2D eigenvalue weighted by Crippen LogP contribution is -2.15. The molecule has 3 rings (SSSR count). The maximum absolute atomic E-state index is 10.7. The fraction of sp³-hybridized carbons (Fsp3) is 0.407. The summed E-state index contributed by atoms with van der Waals surface area (Å²) in [7, 11) is -3.14. The van der Waals surface area contributed by atoms with E-state index in [0.29, 0.717) is 25.8 Å². The zero-order valence-electron chi connectivity index (χ0n) is 23.8. The topological polar surface area (TPSA) is 142 Å². The van der Waals surface area contributed by atoms with E-state index in [0.717, 1.165) is 22.9 Å². The van der Waals surface area contributed by atoms with Crippen LogP contribution in [0, 0.1) is 22.7 Å². The first-order valence-electron chi connectivity index (χ1n) is 11.9. The van der Waals surface area contributed by atoms with Crippen LogP contribution < -0.4 is 4.18 Å². The van der Waals surface area contributed by atoms with Gasteiger partial charge in [-0.3, -0.25) is 0 Å². The minimum absolute atomic E-state index is 0.0420. The molecule has 9 nitrogen and oxygen atoms in total. The molecule has 0 aliphatic rings. The van der Waals surface area contributed by atoms with Gasteiger partial charge in [0, 0.05) is 11.3 Å². The predicted octanol–water partition coefficient (Wildman–Crippen LogP) is 5.86. The van der Waals surface area contributed by atoms with Crippen LogP contribution in [0.15, 0.2) is 53.9 Å². The van der Waals surface area contributed by atoms with E-state index in [2.05, 4.69) is 53.0 Å². The van der Waals surface area contributed by atoms with Crippen molar-refractivity contribution in [3.05, 3.63) is 70.8 Å². The zero-order valence-corrected chi connectivity index (χ0v) is 27.2. The van der Waals surface area contributed by atoms with E-state index >= 15 is 0 Å². The summed E-state index contributed by atoms with van der Waals surface area (Å²) in [5, 5.41) is 30.5. The van der Waals surface area contributed by atoms with Gasteiger partial charge in [-0.2, -0.15) is 24.0 Å². The molecule has 1 N–H and O–H groups in total. The Kier molecular flexibility index (Phi) is 17.4. The van der Waals surface area contributed by atoms with Crippen LogP contribution in [0.2, 0.25) is 5.02 Å². The Hall–Kier alpha value is -2.66. The summed E-state index contributed by atoms with van der Waals surface area (Å²) in [5.41, 5.74) is 2.12. The summed E-state index contributed by atoms with van der Waals surface area (Å²) in [4.78, 5) is 4.54. The van der Waals surface area contributed by atoms with Crippen LogP contribution in [0.3, 0.4) is 0 Å². The Bertz CT molecular complexity index is 1370. The third kappa shape index (κ3) is 16.4. The number of benzene rings is 2. The number of hydrogen-bond acceptors (Lipinski definition) is 9. The largest absolute Gasteiger partial charge is 0.392 e. The van der Waals surface area contributed by atoms with Crippen LogP contribution in [0.25, 0.3) is 0 Å². The minimum atomic E-state index is -3.52. The van der Waals surface area contributed by atoms with E-state index < -0.39 is 15.5 Å². The molecule has 0 aliphatic heterocycles. The Labute approximate surface area is 250 Å². The normalized spacial score (nSPS) is 10.4. The van der Waals surface area contributed by atoms with E-state index in [-0.39, 0.29) is 17.4 Å². The first-order chi connectivity index (χ1) is 18.6. The molecule has 0 amide bonds. The first-order valence-corrected chi connectivity index (χ1v) is 17.2. The average molecular weight is 626 g/mol. The molecule has 0 unspecified atom stereocenters. The third-order valence-corrected chi connectivity index (χ3v) is 5.42. The molecule has 0 saturated heterocycles. The van der Waals surface area contributed by atoms with Gasteiger partial charge in [0.1, 0.15) is 12.7 Å². The summed E-state index contributed by atoms with van der Waals surface area (Å²) in [6.45, 7) is 12.8. The maximum atomic E-state index is 10.7. The molecule has 0 fully saturated rings. The van der Waals surface area contributed by atoms with Crippen molar-refractivity contribution in [3.8, 4) is 17.9 Å². The molecule has 0 aliphatic carbocycles. The van der Waals surface area contributed by atoms with E-state index in [4.69, 9.17) is 16.9 Å². The lowest BCUT2D eigenvalue weighted by molar-refractivity contribution is 0.281. The molecule has 1 heterocycles. The van der Waals surface area contributed by atoms with Crippen LogP contribution in [-0.2, 0) is 28.7 Å². The molecular formula is C27H37ClN5O4PS2. The lowest BCUT2D eigenvalue weighted by Gasteiger charge is -2.18. The number of aliphatic hydroxyl groups excluding tert-OH is 1. The molecule has 0 bridgehead atoms. The maximum Gasteiger partial charge on any atom is 0.306 e. The van der Waals surface area contributed by atoms with Crippen molar-refractivity contribution in [1.82, 2.24) is 14.8 Å². The smallest absolute Gasteiger partial charge is 0.306 e. The van der Waals surface area contributed by atoms with Gasteiger partial charge in [-0.15, -0.1) is 20.6 Å². The number of nitrogens with zero attached hydrogens (tertiary/aromatic N) is 5. The van der Waals surface area contributed by atoms with Crippen LogP contribution in [-0.4, -0.2) is 54.5 Å². The van der Waals surface area contributed by atoms with E-state index in [1.807, 2.05) is 45.0 Å². The van der Waals surface area contributed by atoms with Gasteiger partial charge >= 0.3 is 10.1 Å². The van der Waals surface area contributed by atoms with E-state index in [9.17, 15) is 18.8 Å². The second kappa shape index (κ2) is 18.6. The molecule has 0 atom stereocenters. The Morgan fingerprint density at radius 1 is 1.15 bits per heavy atom. The monoisotopic (exact) mass is 625 g/mol. The zero-order chi connectivity index (χ0) is 30.9. The van der Waals surface area contributed by atoms with Crippen LogP contribution >= 0.6 is 32.2 Å². The van der Waals surface area contributed by atoms with Crippen molar-refractivity contribution < 1.29 is 17.7 Å². The molecule has 1 aromatic heterocycles. The van der Waals surface area contributed by atoms with E-state index in [1.165, 1.54) is 18.5 Å². The average Bonchev–Trinajstić information content (AvgIpc) is 3.38. The first kappa shape index (κ1) is 37.3. The number of hydrogen-bond donors (Lipinski definition) is 2. The predicted molar refractivity (Wildman–Crippen MR) is 165 cm³/mol. The molecule has 0 saturated carbocycles. The van der Waals surface area contributed by atoms with Crippen molar-refractivity contribution in [3.63, 3.8) is 0 Å². The second-order valence-corrected chi connectivity index (χ2v) is 14.5. The number of rotatable bonds is 6. The van der Waals surface area contributed by atoms with Gasteiger partial charge in [-0.25, -0.2) is 9.67 Å². The Morgan fingerprint density at radius 3 is 2.15 bits per heavy atom. The van der Waals surface area contributed by atoms with Crippen molar-refractivity contribution in [1.29, 1.82) is 10.5 Å². The highest BCUT2D eigenvalue weighted by Crippen LogP contribution is 2.28. The van der Waals surface area contributed by atoms with Crippen LogP contribution in [0.4, 0.5) is 0 Å². The number of aromatic nitrogens is 3. The molecule has 0 radical (unpaired) electrons. The third-order valence-electron chi connectivity index (χ3n) is 4.36. The molecule has 3 aromatic rings. The Morgan fingerprint density at radius 2 is 1.73 bits per heavy atom. The molecule has 0 spiro atoms. The van der Waals surface area contributed by atoms with Gasteiger partial charge in [-0.05, 0) is 68.7 Å². The van der Waals surface area contributed by atoms with Gasteiger partial charge < -0.3 is 9.29 Å². The summed E-state index contributed by atoms with van der Waals surface area (Å²) in [5.74, 6) is 0.113. The van der Waals surface area contributed by atoms with Gasteiger partial charge in [0.05, 0.1) is 42.0 Å². The number of nitriles is 2. The summed E-state index contributed by atoms with van der Waals surface area (Å²) in [6, 6.07) is 14.5. The second-order valence-electron chi connectivity index (χ2n) is 9.28. The van der Waals surface area contributed by atoms with Gasteiger partial charge in [0.2, 0.25) is 0 Å². The molecular weight excluding hydrogens is 589 g/mol. The van der Waals surface area contributed by atoms with Gasteiger partial charge in [-0.1, -0.05) is 36.7 Å². The highest BCUT2D eigenvalue weighted by atomic mass is 35.5. The highest BCUT2D eigenvalue weighted by molar-refractivity contribution is 7.86. The fourth-order valence-electron chi connectivity index (χ4n) is 2.59. The Balaban J connectivity index is 0.000000624. The van der Waals surface area contributed by atoms with Crippen molar-refractivity contribution >= 4 is 42.3 Å². The molecule has 13 heteroatoms. The molecule has 2 aromatic carbocycles. The fourth-order valence-corrected chi connectivity index (χ4v) is 3.61. The molecule has 218 valence electrons. The highest BCUT2D eigenvalue weighted by Gasteiger charge is 2.21. The van der Waals surface area contributed by atoms with Crippen molar-refractivity contribution in [2.45, 2.75) is 50.7 Å². The minimum Gasteiger partial charge on any atom is -0.392 e. The summed E-state index contributed by atoms with van der Waals surface area (Å²) >= 11 is 9.72. The van der Waals surface area contributed by atoms with Crippen molar-refractivity contribution in [2.75, 3.05) is 26.3 Å². The lowest BCUT2D eigenvalue weighted by atomic mass is 9.84. The van der Waals surface area contributed by atoms with Crippen LogP contribution in [0.1, 0.15) is 43.9 Å². The van der Waals surface area contributed by atoms with Crippen molar-refractivity contribution in [2.24, 2.45) is 0 Å².